The molecule has 2 aromatic carbocycles. The van der Waals surface area contributed by atoms with E-state index in [2.05, 4.69) is 0 Å². The number of ether oxygens (including phenoxy) is 1. The molecule has 0 radical (unpaired) electrons. The van der Waals surface area contributed by atoms with E-state index in [1.807, 2.05) is 36.4 Å². The molecule has 4 rings (SSSR count). The van der Waals surface area contributed by atoms with Crippen molar-refractivity contribution in [2.45, 2.75) is 31.4 Å². The van der Waals surface area contributed by atoms with E-state index in [-0.39, 0.29) is 11.5 Å². The van der Waals surface area contributed by atoms with Crippen LogP contribution in [0.15, 0.2) is 48.5 Å². The summed E-state index contributed by atoms with van der Waals surface area (Å²) in [6.45, 7) is 1.08. The summed E-state index contributed by atoms with van der Waals surface area (Å²) >= 11 is 0. The van der Waals surface area contributed by atoms with Gasteiger partial charge in [0.1, 0.15) is 5.75 Å². The highest BCUT2D eigenvalue weighted by Gasteiger charge is 2.55. The second kappa shape index (κ2) is 5.92. The van der Waals surface area contributed by atoms with Gasteiger partial charge in [-0.25, -0.2) is 4.79 Å². The predicted octanol–water partition coefficient (Wildman–Crippen LogP) is 2.88. The zero-order chi connectivity index (χ0) is 17.4. The van der Waals surface area contributed by atoms with Crippen LogP contribution in [0.3, 0.4) is 0 Å². The van der Waals surface area contributed by atoms with Crippen molar-refractivity contribution in [1.82, 2.24) is 4.90 Å². The molecule has 0 aromatic heterocycles. The Balaban J connectivity index is 1.52. The predicted molar refractivity (Wildman–Crippen MR) is 91.6 cm³/mol. The molecule has 1 fully saturated rings. The van der Waals surface area contributed by atoms with Gasteiger partial charge < -0.3 is 14.7 Å². The normalized spacial score (nSPS) is 17.5. The fraction of sp³-hybridized carbons (Fsp3) is 0.300. The van der Waals surface area contributed by atoms with Crippen molar-refractivity contribution in [2.24, 2.45) is 0 Å². The van der Waals surface area contributed by atoms with Gasteiger partial charge in [-0.05, 0) is 41.8 Å². The highest BCUT2D eigenvalue weighted by atomic mass is 16.5. The third-order valence-corrected chi connectivity index (χ3v) is 4.90. The summed E-state index contributed by atoms with van der Waals surface area (Å²) in [5.74, 6) is -0.237. The van der Waals surface area contributed by atoms with Crippen molar-refractivity contribution in [3.05, 3.63) is 65.2 Å². The summed E-state index contributed by atoms with van der Waals surface area (Å²) < 4.78 is 5.99. The van der Waals surface area contributed by atoms with Crippen LogP contribution in [0.1, 0.15) is 34.3 Å². The fourth-order valence-corrected chi connectivity index (χ4v) is 3.34. The maximum absolute atomic E-state index is 13.0. The molecule has 0 bridgehead atoms. The number of hydrogen-bond donors (Lipinski definition) is 1. The van der Waals surface area contributed by atoms with E-state index in [0.717, 1.165) is 30.4 Å². The summed E-state index contributed by atoms with van der Waals surface area (Å²) in [6, 6.07) is 14.6. The van der Waals surface area contributed by atoms with Gasteiger partial charge in [-0.2, -0.15) is 0 Å². The van der Waals surface area contributed by atoms with Crippen LogP contribution in [0.4, 0.5) is 0 Å². The lowest BCUT2D eigenvalue weighted by atomic mass is 9.97. The van der Waals surface area contributed by atoms with Gasteiger partial charge in [0.15, 0.2) is 5.60 Å². The summed E-state index contributed by atoms with van der Waals surface area (Å²) in [4.78, 5) is 26.0. The monoisotopic (exact) mass is 337 g/mol. The van der Waals surface area contributed by atoms with Gasteiger partial charge in [-0.15, -0.1) is 0 Å². The Hall–Kier alpha value is -2.82. The van der Waals surface area contributed by atoms with E-state index in [4.69, 9.17) is 9.84 Å². The minimum Gasteiger partial charge on any atom is -0.478 e. The van der Waals surface area contributed by atoms with Crippen molar-refractivity contribution in [3.63, 3.8) is 0 Å². The third-order valence-electron chi connectivity index (χ3n) is 4.90. The zero-order valence-electron chi connectivity index (χ0n) is 13.8. The Morgan fingerprint density at radius 2 is 1.80 bits per heavy atom. The van der Waals surface area contributed by atoms with Gasteiger partial charge in [0, 0.05) is 25.9 Å². The van der Waals surface area contributed by atoms with Crippen molar-refractivity contribution in [1.29, 1.82) is 0 Å². The lowest BCUT2D eigenvalue weighted by Crippen LogP contribution is -2.45. The molecule has 1 aliphatic heterocycles. The van der Waals surface area contributed by atoms with Crippen LogP contribution in [0, 0.1) is 0 Å². The van der Waals surface area contributed by atoms with Gasteiger partial charge in [0.25, 0.3) is 5.91 Å². The average molecular weight is 337 g/mol. The third kappa shape index (κ3) is 2.97. The van der Waals surface area contributed by atoms with Crippen LogP contribution in [0.25, 0.3) is 0 Å². The molecule has 0 spiro atoms. The van der Waals surface area contributed by atoms with Crippen molar-refractivity contribution in [2.75, 3.05) is 6.54 Å². The molecule has 25 heavy (non-hydrogen) atoms. The first-order valence-electron chi connectivity index (χ1n) is 8.46. The number of amides is 1. The van der Waals surface area contributed by atoms with E-state index >= 15 is 0 Å². The molecule has 2 aliphatic rings. The molecule has 1 amide bonds. The Morgan fingerprint density at radius 3 is 2.48 bits per heavy atom. The molecule has 5 heteroatoms. The Bertz CT molecular complexity index is 827. The first-order valence-corrected chi connectivity index (χ1v) is 8.46. The van der Waals surface area contributed by atoms with E-state index < -0.39 is 11.6 Å². The number of fused-ring (bicyclic) bond motifs is 1. The standard InChI is InChI=1S/C20H19NO4/c22-18(23)15-7-6-14-8-11-21(13-16(14)12-15)19(24)20(9-10-20)25-17-4-2-1-3-5-17/h1-7,12H,8-11,13H2,(H,22,23). The van der Waals surface area contributed by atoms with E-state index in [9.17, 15) is 9.59 Å². The Labute approximate surface area is 145 Å². The zero-order valence-corrected chi connectivity index (χ0v) is 13.8. The first-order chi connectivity index (χ1) is 12.1. The minimum atomic E-state index is -0.947. The first kappa shape index (κ1) is 15.7. The Kier molecular flexibility index (Phi) is 3.71. The number of hydrogen-bond acceptors (Lipinski definition) is 3. The maximum Gasteiger partial charge on any atom is 0.335 e. The van der Waals surface area contributed by atoms with Crippen LogP contribution in [-0.2, 0) is 17.8 Å². The topological polar surface area (TPSA) is 66.8 Å². The molecule has 2 aromatic rings. The van der Waals surface area contributed by atoms with E-state index in [1.165, 1.54) is 0 Å². The average Bonchev–Trinajstić information content (AvgIpc) is 3.41. The summed E-state index contributed by atoms with van der Waals surface area (Å²) in [5.41, 5.74) is 1.54. The number of carbonyl (C=O) groups is 2. The molecule has 5 nitrogen and oxygen atoms in total. The molecular formula is C20H19NO4. The van der Waals surface area contributed by atoms with Crippen molar-refractivity contribution >= 4 is 11.9 Å². The largest absolute Gasteiger partial charge is 0.478 e. The highest BCUT2D eigenvalue weighted by Crippen LogP contribution is 2.42. The second-order valence-electron chi connectivity index (χ2n) is 6.67. The summed E-state index contributed by atoms with van der Waals surface area (Å²) in [5, 5.41) is 9.16. The van der Waals surface area contributed by atoms with Crippen LogP contribution in [0.2, 0.25) is 0 Å². The van der Waals surface area contributed by atoms with Gasteiger partial charge in [0.2, 0.25) is 0 Å². The molecule has 1 heterocycles. The number of carboxylic acid groups (broad SMARTS) is 1. The molecule has 1 N–H and O–H groups in total. The smallest absolute Gasteiger partial charge is 0.335 e. The molecule has 0 unspecified atom stereocenters. The fourth-order valence-electron chi connectivity index (χ4n) is 3.34. The van der Waals surface area contributed by atoms with Crippen LogP contribution < -0.4 is 4.74 Å². The number of carboxylic acids is 1. The number of para-hydroxylation sites is 1. The van der Waals surface area contributed by atoms with Crippen molar-refractivity contribution < 1.29 is 19.4 Å². The van der Waals surface area contributed by atoms with Crippen LogP contribution in [0.5, 0.6) is 5.75 Å². The molecule has 0 saturated heterocycles. The lowest BCUT2D eigenvalue weighted by molar-refractivity contribution is -0.141. The number of rotatable bonds is 4. The molecule has 0 atom stereocenters. The SMILES string of the molecule is O=C(O)c1ccc2c(c1)CN(C(=O)C1(Oc3ccccc3)CC1)CC2. The number of nitrogens with zero attached hydrogens (tertiary/aromatic N) is 1. The summed E-state index contributed by atoms with van der Waals surface area (Å²) in [6.07, 6.45) is 2.18. The second-order valence-corrected chi connectivity index (χ2v) is 6.67. The van der Waals surface area contributed by atoms with Crippen LogP contribution >= 0.6 is 0 Å². The molecule has 1 saturated carbocycles. The van der Waals surface area contributed by atoms with Crippen LogP contribution in [-0.4, -0.2) is 34.0 Å². The van der Waals surface area contributed by atoms with Crippen molar-refractivity contribution in [3.8, 4) is 5.75 Å². The molecule has 128 valence electrons. The molecule has 1 aliphatic carbocycles. The quantitative estimate of drug-likeness (QED) is 0.931. The van der Waals surface area contributed by atoms with Gasteiger partial charge in [-0.3, -0.25) is 4.79 Å². The van der Waals surface area contributed by atoms with Gasteiger partial charge >= 0.3 is 5.97 Å². The van der Waals surface area contributed by atoms with Gasteiger partial charge in [-0.1, -0.05) is 24.3 Å². The number of benzene rings is 2. The number of carbonyl (C=O) groups excluding carboxylic acids is 1. The minimum absolute atomic E-state index is 0.00253. The van der Waals surface area contributed by atoms with Gasteiger partial charge in [0.05, 0.1) is 5.56 Å². The van der Waals surface area contributed by atoms with E-state index in [1.54, 1.807) is 17.0 Å². The lowest BCUT2D eigenvalue weighted by Gasteiger charge is -2.32. The Morgan fingerprint density at radius 1 is 1.04 bits per heavy atom. The maximum atomic E-state index is 13.0. The molecular weight excluding hydrogens is 318 g/mol. The number of aromatic carboxylic acids is 1. The summed E-state index contributed by atoms with van der Waals surface area (Å²) in [7, 11) is 0. The van der Waals surface area contributed by atoms with E-state index in [0.29, 0.717) is 18.8 Å². The highest BCUT2D eigenvalue weighted by molar-refractivity contribution is 5.89.